The minimum absolute atomic E-state index is 0.0652. The first kappa shape index (κ1) is 17.1. The number of benzene rings is 2. The first-order valence-corrected chi connectivity index (χ1v) is 9.68. The van der Waals surface area contributed by atoms with E-state index in [1.807, 2.05) is 18.2 Å². The van der Waals surface area contributed by atoms with Crippen LogP contribution < -0.4 is 5.32 Å². The number of hydrogen-bond acceptors (Lipinski definition) is 3. The molecule has 0 saturated carbocycles. The second-order valence-electron chi connectivity index (χ2n) is 7.20. The summed E-state index contributed by atoms with van der Waals surface area (Å²) in [5, 5.41) is 6.46. The van der Waals surface area contributed by atoms with Gasteiger partial charge in [0, 0.05) is 24.0 Å². The van der Waals surface area contributed by atoms with Gasteiger partial charge in [0.05, 0.1) is 12.7 Å². The van der Waals surface area contributed by atoms with Gasteiger partial charge in [-0.05, 0) is 42.8 Å². The Morgan fingerprint density at radius 3 is 2.69 bits per heavy atom. The fourth-order valence-corrected chi connectivity index (χ4v) is 3.95. The zero-order chi connectivity index (χ0) is 17.8. The number of carbonyl (C=O) groups excluding carboxylic acids is 1. The standard InChI is InChI=1S/C22H26N2O2/c25-21(23-11-14-24-12-5-1-2-6-13-24)15-18-16-26-20-10-9-17-7-3-4-8-19(17)22(18)20/h3-4,7-10,16H,1-2,5-6,11-15H2,(H,23,25). The zero-order valence-electron chi connectivity index (χ0n) is 15.2. The van der Waals surface area contributed by atoms with Crippen LogP contribution in [0.1, 0.15) is 31.2 Å². The molecule has 0 unspecified atom stereocenters. The van der Waals surface area contributed by atoms with Crippen molar-refractivity contribution in [2.75, 3.05) is 26.2 Å². The Kier molecular flexibility index (Phi) is 5.21. The van der Waals surface area contributed by atoms with E-state index in [2.05, 4.69) is 28.4 Å². The average molecular weight is 350 g/mol. The molecule has 0 spiro atoms. The SMILES string of the molecule is O=C(Cc1coc2ccc3ccccc3c12)NCCN1CCCCCC1. The van der Waals surface area contributed by atoms with Crippen molar-refractivity contribution in [2.45, 2.75) is 32.1 Å². The highest BCUT2D eigenvalue weighted by Crippen LogP contribution is 2.30. The van der Waals surface area contributed by atoms with Gasteiger partial charge in [-0.3, -0.25) is 4.79 Å². The molecule has 1 fully saturated rings. The fraction of sp³-hybridized carbons (Fsp3) is 0.409. The number of hydrogen-bond donors (Lipinski definition) is 1. The number of rotatable bonds is 5. The van der Waals surface area contributed by atoms with E-state index in [4.69, 9.17) is 4.42 Å². The van der Waals surface area contributed by atoms with Gasteiger partial charge in [0.2, 0.25) is 5.91 Å². The van der Waals surface area contributed by atoms with Gasteiger partial charge in [-0.25, -0.2) is 0 Å². The largest absolute Gasteiger partial charge is 0.464 e. The Hall–Kier alpha value is -2.33. The summed E-state index contributed by atoms with van der Waals surface area (Å²) in [6.45, 7) is 3.98. The van der Waals surface area contributed by atoms with Crippen molar-refractivity contribution in [1.82, 2.24) is 10.2 Å². The minimum atomic E-state index is 0.0652. The molecule has 2 heterocycles. The number of amides is 1. The quantitative estimate of drug-likeness (QED) is 0.753. The predicted molar refractivity (Wildman–Crippen MR) is 105 cm³/mol. The fourth-order valence-electron chi connectivity index (χ4n) is 3.95. The van der Waals surface area contributed by atoms with Crippen molar-refractivity contribution in [1.29, 1.82) is 0 Å². The summed E-state index contributed by atoms with van der Waals surface area (Å²) in [7, 11) is 0. The molecule has 0 atom stereocenters. The predicted octanol–water partition coefficient (Wildman–Crippen LogP) is 4.12. The molecule has 1 N–H and O–H groups in total. The smallest absolute Gasteiger partial charge is 0.224 e. The maximum atomic E-state index is 12.4. The van der Waals surface area contributed by atoms with E-state index in [9.17, 15) is 4.79 Å². The molecule has 4 heteroatoms. The molecule has 2 aromatic carbocycles. The maximum absolute atomic E-state index is 12.4. The highest BCUT2D eigenvalue weighted by atomic mass is 16.3. The molecular formula is C22H26N2O2. The van der Waals surface area contributed by atoms with Gasteiger partial charge in [0.25, 0.3) is 0 Å². The maximum Gasteiger partial charge on any atom is 0.224 e. The molecule has 0 aliphatic carbocycles. The average Bonchev–Trinajstić information content (AvgIpc) is 2.88. The Labute approximate surface area is 154 Å². The van der Waals surface area contributed by atoms with Crippen molar-refractivity contribution < 1.29 is 9.21 Å². The lowest BCUT2D eigenvalue weighted by Crippen LogP contribution is -2.36. The Morgan fingerprint density at radius 1 is 1.04 bits per heavy atom. The van der Waals surface area contributed by atoms with E-state index >= 15 is 0 Å². The molecule has 1 amide bonds. The van der Waals surface area contributed by atoms with E-state index < -0.39 is 0 Å². The van der Waals surface area contributed by atoms with Crippen LogP contribution in [0.2, 0.25) is 0 Å². The number of fused-ring (bicyclic) bond motifs is 3. The van der Waals surface area contributed by atoms with Crippen LogP contribution in [0.25, 0.3) is 21.7 Å². The molecule has 1 saturated heterocycles. The van der Waals surface area contributed by atoms with E-state index in [0.717, 1.165) is 48.1 Å². The Bertz CT molecular complexity index is 891. The van der Waals surface area contributed by atoms with Crippen LogP contribution in [-0.2, 0) is 11.2 Å². The van der Waals surface area contributed by atoms with Crippen LogP contribution >= 0.6 is 0 Å². The van der Waals surface area contributed by atoms with Gasteiger partial charge in [0.1, 0.15) is 5.58 Å². The van der Waals surface area contributed by atoms with Crippen molar-refractivity contribution in [3.8, 4) is 0 Å². The molecule has 0 bridgehead atoms. The van der Waals surface area contributed by atoms with Crippen LogP contribution in [0.15, 0.2) is 47.1 Å². The normalized spacial score (nSPS) is 16.0. The first-order valence-electron chi connectivity index (χ1n) is 9.68. The molecule has 1 aliphatic heterocycles. The molecule has 4 nitrogen and oxygen atoms in total. The van der Waals surface area contributed by atoms with E-state index in [-0.39, 0.29) is 5.91 Å². The zero-order valence-corrected chi connectivity index (χ0v) is 15.2. The third kappa shape index (κ3) is 3.75. The van der Waals surface area contributed by atoms with Crippen LogP contribution in [0.5, 0.6) is 0 Å². The molecule has 0 radical (unpaired) electrons. The number of carbonyl (C=O) groups is 1. The molecule has 1 aliphatic rings. The monoisotopic (exact) mass is 350 g/mol. The van der Waals surface area contributed by atoms with Gasteiger partial charge < -0.3 is 14.6 Å². The summed E-state index contributed by atoms with van der Waals surface area (Å²) in [4.78, 5) is 14.9. The molecule has 136 valence electrons. The number of nitrogens with zero attached hydrogens (tertiary/aromatic N) is 1. The molecule has 26 heavy (non-hydrogen) atoms. The van der Waals surface area contributed by atoms with Gasteiger partial charge >= 0.3 is 0 Å². The summed E-state index contributed by atoms with van der Waals surface area (Å²) in [6, 6.07) is 12.3. The van der Waals surface area contributed by atoms with Crippen LogP contribution in [-0.4, -0.2) is 37.0 Å². The number of likely N-dealkylation sites (tertiary alicyclic amines) is 1. The summed E-state index contributed by atoms with van der Waals surface area (Å²) in [5.74, 6) is 0.0652. The van der Waals surface area contributed by atoms with Gasteiger partial charge in [-0.15, -0.1) is 0 Å². The third-order valence-electron chi connectivity index (χ3n) is 5.34. The van der Waals surface area contributed by atoms with Crippen molar-refractivity contribution >= 4 is 27.6 Å². The Balaban J connectivity index is 1.40. The first-order chi connectivity index (χ1) is 12.8. The highest BCUT2D eigenvalue weighted by Gasteiger charge is 2.14. The molecular weight excluding hydrogens is 324 g/mol. The lowest BCUT2D eigenvalue weighted by Gasteiger charge is -2.19. The van der Waals surface area contributed by atoms with Crippen LogP contribution in [0, 0.1) is 0 Å². The van der Waals surface area contributed by atoms with Crippen molar-refractivity contribution in [3.63, 3.8) is 0 Å². The van der Waals surface area contributed by atoms with E-state index in [1.54, 1.807) is 6.26 Å². The summed E-state index contributed by atoms with van der Waals surface area (Å²) in [5.41, 5.74) is 1.81. The summed E-state index contributed by atoms with van der Waals surface area (Å²) in [6.07, 6.45) is 7.32. The Morgan fingerprint density at radius 2 is 1.85 bits per heavy atom. The second-order valence-corrected chi connectivity index (χ2v) is 7.20. The van der Waals surface area contributed by atoms with E-state index in [0.29, 0.717) is 6.42 Å². The van der Waals surface area contributed by atoms with Crippen LogP contribution in [0.4, 0.5) is 0 Å². The van der Waals surface area contributed by atoms with Crippen molar-refractivity contribution in [3.05, 3.63) is 48.2 Å². The molecule has 3 aromatic rings. The lowest BCUT2D eigenvalue weighted by atomic mass is 10.0. The van der Waals surface area contributed by atoms with Gasteiger partial charge in [-0.1, -0.05) is 43.2 Å². The summed E-state index contributed by atoms with van der Waals surface area (Å²) >= 11 is 0. The lowest BCUT2D eigenvalue weighted by molar-refractivity contribution is -0.120. The molecule has 1 aromatic heterocycles. The number of furan rings is 1. The highest BCUT2D eigenvalue weighted by molar-refractivity contribution is 6.08. The van der Waals surface area contributed by atoms with Crippen LogP contribution in [0.3, 0.4) is 0 Å². The molecule has 4 rings (SSSR count). The topological polar surface area (TPSA) is 45.5 Å². The third-order valence-corrected chi connectivity index (χ3v) is 5.34. The second kappa shape index (κ2) is 7.92. The number of nitrogens with one attached hydrogen (secondary N) is 1. The van der Waals surface area contributed by atoms with Gasteiger partial charge in [-0.2, -0.15) is 0 Å². The minimum Gasteiger partial charge on any atom is -0.464 e. The van der Waals surface area contributed by atoms with Gasteiger partial charge in [0.15, 0.2) is 0 Å². The van der Waals surface area contributed by atoms with Crippen molar-refractivity contribution in [2.24, 2.45) is 0 Å². The summed E-state index contributed by atoms with van der Waals surface area (Å²) < 4.78 is 5.68. The van der Waals surface area contributed by atoms with E-state index in [1.165, 1.54) is 31.1 Å².